The minimum atomic E-state index is -0.241. The van der Waals surface area contributed by atoms with E-state index < -0.39 is 0 Å². The summed E-state index contributed by atoms with van der Waals surface area (Å²) < 4.78 is 17.5. The molecule has 0 unspecified atom stereocenters. The Balaban J connectivity index is 2.43. The molecule has 2 rings (SSSR count). The number of halogens is 1. The summed E-state index contributed by atoms with van der Waals surface area (Å²) in [6.07, 6.45) is 2.57. The molecule has 0 saturated carbocycles. The number of hydrogen-bond donors (Lipinski definition) is 0. The molecule has 0 amide bonds. The maximum Gasteiger partial charge on any atom is 0.170 e. The molecule has 0 aliphatic heterocycles. The summed E-state index contributed by atoms with van der Waals surface area (Å²) in [5.41, 5.74) is 0.859. The lowest BCUT2D eigenvalue weighted by Gasteiger charge is -1.94. The summed E-state index contributed by atoms with van der Waals surface area (Å²) in [6.45, 7) is 0. The van der Waals surface area contributed by atoms with Gasteiger partial charge in [-0.2, -0.15) is 0 Å². The van der Waals surface area contributed by atoms with Gasteiger partial charge in [-0.1, -0.05) is 0 Å². The highest BCUT2D eigenvalue weighted by molar-refractivity contribution is 5.56. The molecule has 1 nitrogen and oxygen atoms in total. The van der Waals surface area contributed by atoms with E-state index in [1.807, 2.05) is 0 Å². The molecular weight excluding hydrogens is 155 g/mol. The van der Waals surface area contributed by atoms with Gasteiger partial charge in [0.05, 0.1) is 0 Å². The van der Waals surface area contributed by atoms with Crippen LogP contribution in [-0.2, 0) is 0 Å². The molecule has 1 aromatic heterocycles. The van der Waals surface area contributed by atoms with Crippen molar-refractivity contribution in [2.75, 3.05) is 0 Å². The van der Waals surface area contributed by atoms with Crippen molar-refractivity contribution in [3.63, 3.8) is 0 Å². The lowest BCUT2D eigenvalue weighted by Crippen LogP contribution is -1.74. The van der Waals surface area contributed by atoms with Gasteiger partial charge in [0.1, 0.15) is 11.6 Å². The van der Waals surface area contributed by atoms with Crippen LogP contribution in [-0.4, -0.2) is 0 Å². The summed E-state index contributed by atoms with van der Waals surface area (Å²) in [7, 11) is 0. The van der Waals surface area contributed by atoms with Crippen LogP contribution < -0.4 is 0 Å². The highest BCUT2D eigenvalue weighted by Gasteiger charge is 1.99. The Morgan fingerprint density at radius 1 is 1.08 bits per heavy atom. The molecule has 0 aliphatic rings. The average Bonchev–Trinajstić information content (AvgIpc) is 2.58. The Kier molecular flexibility index (Phi) is 1.67. The molecule has 12 heavy (non-hydrogen) atoms. The summed E-state index contributed by atoms with van der Waals surface area (Å²) in [6, 6.07) is 9.60. The summed E-state index contributed by atoms with van der Waals surface area (Å²) in [4.78, 5) is 0. The monoisotopic (exact) mass is 161 g/mol. The molecule has 59 valence electrons. The van der Waals surface area contributed by atoms with Gasteiger partial charge in [-0.15, -0.1) is 0 Å². The lowest BCUT2D eigenvalue weighted by atomic mass is 10.2. The van der Waals surface area contributed by atoms with Crippen molar-refractivity contribution in [1.82, 2.24) is 0 Å². The first-order valence-corrected chi connectivity index (χ1v) is 3.58. The van der Waals surface area contributed by atoms with Crippen LogP contribution in [0.15, 0.2) is 40.8 Å². The van der Waals surface area contributed by atoms with Crippen molar-refractivity contribution in [2.24, 2.45) is 0 Å². The second kappa shape index (κ2) is 2.81. The van der Waals surface area contributed by atoms with E-state index in [1.54, 1.807) is 24.3 Å². The van der Waals surface area contributed by atoms with Crippen LogP contribution in [0.5, 0.6) is 0 Å². The molecule has 1 radical (unpaired) electrons. The number of benzene rings is 1. The number of hydrogen-bond acceptors (Lipinski definition) is 1. The normalized spacial score (nSPS) is 10.1. The Hall–Kier alpha value is -1.57. The zero-order valence-electron chi connectivity index (χ0n) is 6.25. The Labute approximate surface area is 69.4 Å². The van der Waals surface area contributed by atoms with Crippen molar-refractivity contribution in [2.45, 2.75) is 0 Å². The van der Waals surface area contributed by atoms with E-state index in [4.69, 9.17) is 4.42 Å². The topological polar surface area (TPSA) is 13.1 Å². The third-order valence-corrected chi connectivity index (χ3v) is 1.60. The third kappa shape index (κ3) is 1.23. The highest BCUT2D eigenvalue weighted by Crippen LogP contribution is 2.18. The van der Waals surface area contributed by atoms with E-state index in [-0.39, 0.29) is 5.82 Å². The second-order valence-electron chi connectivity index (χ2n) is 2.42. The molecule has 0 atom stereocenters. The van der Waals surface area contributed by atoms with Crippen LogP contribution in [0.25, 0.3) is 11.3 Å². The molecule has 0 N–H and O–H groups in total. The molecule has 0 fully saturated rings. The fourth-order valence-electron chi connectivity index (χ4n) is 1.01. The molecule has 0 bridgehead atoms. The van der Waals surface area contributed by atoms with Crippen molar-refractivity contribution in [1.29, 1.82) is 0 Å². The predicted octanol–water partition coefficient (Wildman–Crippen LogP) is 2.89. The fourth-order valence-corrected chi connectivity index (χ4v) is 1.01. The van der Waals surface area contributed by atoms with Crippen LogP contribution in [0, 0.1) is 12.1 Å². The smallest absolute Gasteiger partial charge is 0.170 e. The van der Waals surface area contributed by atoms with Crippen molar-refractivity contribution >= 4 is 0 Å². The summed E-state index contributed by atoms with van der Waals surface area (Å²) >= 11 is 0. The molecule has 1 heterocycles. The Morgan fingerprint density at radius 3 is 2.42 bits per heavy atom. The summed E-state index contributed by atoms with van der Waals surface area (Å²) in [5, 5.41) is 0. The van der Waals surface area contributed by atoms with E-state index in [0.29, 0.717) is 5.76 Å². The van der Waals surface area contributed by atoms with Crippen molar-refractivity contribution in [3.05, 3.63) is 48.5 Å². The largest absolute Gasteiger partial charge is 0.453 e. The maximum absolute atomic E-state index is 12.5. The van der Waals surface area contributed by atoms with E-state index in [1.165, 1.54) is 12.1 Å². The minimum absolute atomic E-state index is 0.241. The van der Waals surface area contributed by atoms with Crippen LogP contribution in [0.1, 0.15) is 0 Å². The van der Waals surface area contributed by atoms with Crippen molar-refractivity contribution in [3.8, 4) is 11.3 Å². The SMILES string of the molecule is Fc1ccc(-c2cc[c]o2)cc1. The van der Waals surface area contributed by atoms with E-state index in [9.17, 15) is 4.39 Å². The van der Waals surface area contributed by atoms with Gasteiger partial charge in [0, 0.05) is 5.56 Å². The molecule has 0 aliphatic carbocycles. The van der Waals surface area contributed by atoms with Gasteiger partial charge in [-0.25, -0.2) is 4.39 Å². The molecule has 1 aromatic carbocycles. The summed E-state index contributed by atoms with van der Waals surface area (Å²) in [5.74, 6) is 0.462. The van der Waals surface area contributed by atoms with Crippen molar-refractivity contribution < 1.29 is 8.81 Å². The highest BCUT2D eigenvalue weighted by atomic mass is 19.1. The second-order valence-corrected chi connectivity index (χ2v) is 2.42. The van der Waals surface area contributed by atoms with Crippen LogP contribution in [0.2, 0.25) is 0 Å². The van der Waals surface area contributed by atoms with Gasteiger partial charge in [-0.05, 0) is 36.4 Å². The van der Waals surface area contributed by atoms with Gasteiger partial charge >= 0.3 is 0 Å². The number of rotatable bonds is 1. The van der Waals surface area contributed by atoms with E-state index in [0.717, 1.165) is 5.56 Å². The molecule has 0 saturated heterocycles. The van der Waals surface area contributed by atoms with Gasteiger partial charge in [-0.3, -0.25) is 0 Å². The Morgan fingerprint density at radius 2 is 1.83 bits per heavy atom. The van der Waals surface area contributed by atoms with Crippen LogP contribution in [0.3, 0.4) is 0 Å². The van der Waals surface area contributed by atoms with E-state index >= 15 is 0 Å². The average molecular weight is 161 g/mol. The van der Waals surface area contributed by atoms with E-state index in [2.05, 4.69) is 6.26 Å². The molecule has 2 heteroatoms. The lowest BCUT2D eigenvalue weighted by molar-refractivity contribution is 0.572. The fraction of sp³-hybridized carbons (Fsp3) is 0. The zero-order chi connectivity index (χ0) is 8.39. The van der Waals surface area contributed by atoms with Crippen LogP contribution >= 0.6 is 0 Å². The Bertz CT molecular complexity index is 348. The molecular formula is C10H6FO. The predicted molar refractivity (Wildman–Crippen MR) is 42.9 cm³/mol. The van der Waals surface area contributed by atoms with Gasteiger partial charge < -0.3 is 4.42 Å². The standard InChI is InChI=1S/C10H6FO/c11-9-5-3-8(4-6-9)10-2-1-7-12-10/h1-6H. The zero-order valence-corrected chi connectivity index (χ0v) is 6.25. The van der Waals surface area contributed by atoms with Gasteiger partial charge in [0.15, 0.2) is 6.26 Å². The maximum atomic E-state index is 12.5. The first kappa shape index (κ1) is 7.10. The molecule has 2 aromatic rings. The number of furan rings is 1. The van der Waals surface area contributed by atoms with Gasteiger partial charge in [0.25, 0.3) is 0 Å². The van der Waals surface area contributed by atoms with Gasteiger partial charge in [0.2, 0.25) is 0 Å². The quantitative estimate of drug-likeness (QED) is 0.626. The minimum Gasteiger partial charge on any atom is -0.453 e. The first-order chi connectivity index (χ1) is 5.86. The first-order valence-electron chi connectivity index (χ1n) is 3.58. The molecule has 0 spiro atoms. The van der Waals surface area contributed by atoms with Crippen LogP contribution in [0.4, 0.5) is 4.39 Å². The third-order valence-electron chi connectivity index (χ3n) is 1.60.